The first-order valence-corrected chi connectivity index (χ1v) is 10.6. The third-order valence-electron chi connectivity index (χ3n) is 5.15. The molecule has 0 radical (unpaired) electrons. The molecule has 2 amide bonds. The van der Waals surface area contributed by atoms with Gasteiger partial charge < -0.3 is 15.0 Å². The van der Waals surface area contributed by atoms with Gasteiger partial charge in [0.25, 0.3) is 11.8 Å². The Labute approximate surface area is 173 Å². The topological polar surface area (TPSA) is 75.7 Å². The fourth-order valence-corrected chi connectivity index (χ4v) is 4.71. The van der Waals surface area contributed by atoms with Crippen molar-refractivity contribution in [2.75, 3.05) is 25.0 Å². The van der Waals surface area contributed by atoms with E-state index in [0.717, 1.165) is 22.6 Å². The molecule has 0 aromatic heterocycles. The number of hydrogen-bond acceptors (Lipinski definition) is 5. The zero-order chi connectivity index (χ0) is 20.4. The fraction of sp³-hybridized carbons (Fsp3) is 0.318. The zero-order valence-corrected chi connectivity index (χ0v) is 17.0. The van der Waals surface area contributed by atoms with Crippen molar-refractivity contribution in [1.82, 2.24) is 4.90 Å². The van der Waals surface area contributed by atoms with Gasteiger partial charge in [-0.1, -0.05) is 23.9 Å². The number of benzene rings is 2. The molecule has 0 aliphatic carbocycles. The summed E-state index contributed by atoms with van der Waals surface area (Å²) in [4.78, 5) is 41.2. The summed E-state index contributed by atoms with van der Waals surface area (Å²) in [5.74, 6) is -0.841. The van der Waals surface area contributed by atoms with Gasteiger partial charge in [-0.05, 0) is 50.1 Å². The molecule has 29 heavy (non-hydrogen) atoms. The number of nitrogens with one attached hydrogen (secondary N) is 1. The van der Waals surface area contributed by atoms with Crippen LogP contribution in [0.4, 0.5) is 5.69 Å². The molecule has 0 bridgehead atoms. The van der Waals surface area contributed by atoms with Crippen LogP contribution in [0.2, 0.25) is 0 Å². The van der Waals surface area contributed by atoms with Gasteiger partial charge in [0.1, 0.15) is 0 Å². The maximum absolute atomic E-state index is 13.1. The predicted octanol–water partition coefficient (Wildman–Crippen LogP) is 3.82. The summed E-state index contributed by atoms with van der Waals surface area (Å²) < 4.78 is 5.12. The molecule has 2 heterocycles. The van der Waals surface area contributed by atoms with Crippen LogP contribution in [-0.4, -0.2) is 42.4 Å². The number of likely N-dealkylation sites (tertiary alicyclic amines) is 1. The van der Waals surface area contributed by atoms with E-state index in [4.69, 9.17) is 4.74 Å². The van der Waals surface area contributed by atoms with Crippen LogP contribution in [0.1, 0.15) is 40.5 Å². The Bertz CT molecular complexity index is 975. The number of amides is 2. The minimum atomic E-state index is -0.279. The van der Waals surface area contributed by atoms with Crippen molar-refractivity contribution in [3.63, 3.8) is 0 Å². The summed E-state index contributed by atoms with van der Waals surface area (Å²) >= 11 is 1.50. The van der Waals surface area contributed by atoms with E-state index in [-0.39, 0.29) is 23.7 Å². The molecule has 0 spiro atoms. The molecule has 1 N–H and O–H groups in total. The average molecular weight is 410 g/mol. The van der Waals surface area contributed by atoms with Crippen molar-refractivity contribution in [2.45, 2.75) is 29.6 Å². The lowest BCUT2D eigenvalue weighted by Gasteiger charge is -2.31. The van der Waals surface area contributed by atoms with Crippen molar-refractivity contribution in [3.8, 4) is 0 Å². The molecule has 2 aliphatic rings. The Morgan fingerprint density at radius 2 is 2.03 bits per heavy atom. The van der Waals surface area contributed by atoms with Crippen LogP contribution in [0, 0.1) is 5.92 Å². The van der Waals surface area contributed by atoms with E-state index in [1.807, 2.05) is 24.3 Å². The lowest BCUT2D eigenvalue weighted by molar-refractivity contribution is -0.149. The first kappa shape index (κ1) is 19.5. The quantitative estimate of drug-likeness (QED) is 0.779. The molecule has 4 rings (SSSR count). The summed E-state index contributed by atoms with van der Waals surface area (Å²) in [6.45, 7) is 3.09. The zero-order valence-electron chi connectivity index (χ0n) is 16.1. The van der Waals surface area contributed by atoms with E-state index in [9.17, 15) is 14.4 Å². The highest BCUT2D eigenvalue weighted by Gasteiger charge is 2.30. The summed E-state index contributed by atoms with van der Waals surface area (Å²) in [5.41, 5.74) is 1.75. The van der Waals surface area contributed by atoms with Gasteiger partial charge in [0.2, 0.25) is 0 Å². The summed E-state index contributed by atoms with van der Waals surface area (Å²) in [5, 5.41) is 2.92. The lowest BCUT2D eigenvalue weighted by atomic mass is 9.97. The van der Waals surface area contributed by atoms with Gasteiger partial charge >= 0.3 is 5.97 Å². The molecule has 2 aromatic rings. The third-order valence-corrected chi connectivity index (χ3v) is 6.31. The third kappa shape index (κ3) is 4.00. The van der Waals surface area contributed by atoms with E-state index in [2.05, 4.69) is 5.32 Å². The molecule has 7 heteroatoms. The number of carbonyl (C=O) groups is 3. The Morgan fingerprint density at radius 1 is 1.21 bits per heavy atom. The van der Waals surface area contributed by atoms with Gasteiger partial charge in [-0.15, -0.1) is 0 Å². The monoisotopic (exact) mass is 410 g/mol. The molecular formula is C22H22N2O4S. The molecule has 6 nitrogen and oxygen atoms in total. The van der Waals surface area contributed by atoms with E-state index in [1.54, 1.807) is 30.0 Å². The van der Waals surface area contributed by atoms with Crippen LogP contribution in [0.15, 0.2) is 52.3 Å². The summed E-state index contributed by atoms with van der Waals surface area (Å²) in [6, 6.07) is 12.8. The second-order valence-electron chi connectivity index (χ2n) is 7.11. The molecule has 1 fully saturated rings. The van der Waals surface area contributed by atoms with Gasteiger partial charge in [-0.3, -0.25) is 14.4 Å². The van der Waals surface area contributed by atoms with Crippen molar-refractivity contribution in [1.29, 1.82) is 0 Å². The van der Waals surface area contributed by atoms with Gasteiger partial charge in [0.05, 0.1) is 23.8 Å². The average Bonchev–Trinajstić information content (AvgIpc) is 2.88. The summed E-state index contributed by atoms with van der Waals surface area (Å²) in [6.07, 6.45) is 1.50. The van der Waals surface area contributed by atoms with E-state index < -0.39 is 0 Å². The normalized spacial score (nSPS) is 18.2. The maximum Gasteiger partial charge on any atom is 0.310 e. The van der Waals surface area contributed by atoms with Crippen LogP contribution in [0.3, 0.4) is 0 Å². The molecule has 1 atom stereocenters. The Hall–Kier alpha value is -2.80. The second-order valence-corrected chi connectivity index (χ2v) is 8.19. The van der Waals surface area contributed by atoms with Crippen molar-refractivity contribution < 1.29 is 19.1 Å². The molecular weight excluding hydrogens is 388 g/mol. The first-order valence-electron chi connectivity index (χ1n) is 9.75. The smallest absolute Gasteiger partial charge is 0.310 e. The van der Waals surface area contributed by atoms with Crippen molar-refractivity contribution in [3.05, 3.63) is 53.6 Å². The van der Waals surface area contributed by atoms with E-state index >= 15 is 0 Å². The van der Waals surface area contributed by atoms with E-state index in [1.165, 1.54) is 11.8 Å². The van der Waals surface area contributed by atoms with Crippen molar-refractivity contribution in [2.24, 2.45) is 5.92 Å². The number of esters is 1. The van der Waals surface area contributed by atoms with Gasteiger partial charge in [0.15, 0.2) is 0 Å². The minimum absolute atomic E-state index is 0.136. The van der Waals surface area contributed by atoms with Crippen LogP contribution < -0.4 is 5.32 Å². The SMILES string of the molecule is CCOC(=O)C1CCCN(C(=O)c2ccc3c(c2)NC(=O)c2ccccc2S3)C1. The fourth-order valence-electron chi connectivity index (χ4n) is 3.70. The number of nitrogens with zero attached hydrogens (tertiary/aromatic N) is 1. The number of ether oxygens (including phenoxy) is 1. The highest BCUT2D eigenvalue weighted by atomic mass is 32.2. The molecule has 1 unspecified atom stereocenters. The molecule has 0 saturated carbocycles. The lowest BCUT2D eigenvalue weighted by Crippen LogP contribution is -2.42. The number of anilines is 1. The highest BCUT2D eigenvalue weighted by molar-refractivity contribution is 7.99. The number of hydrogen-bond donors (Lipinski definition) is 1. The number of carbonyl (C=O) groups excluding carboxylic acids is 3. The van der Waals surface area contributed by atoms with Crippen LogP contribution in [0.5, 0.6) is 0 Å². The Balaban J connectivity index is 1.55. The van der Waals surface area contributed by atoms with E-state index in [0.29, 0.717) is 36.5 Å². The molecule has 1 saturated heterocycles. The van der Waals surface area contributed by atoms with Crippen LogP contribution in [0.25, 0.3) is 0 Å². The highest BCUT2D eigenvalue weighted by Crippen LogP contribution is 2.39. The standard InChI is InChI=1S/C22H22N2O4S/c1-2-28-22(27)15-6-5-11-24(13-15)21(26)14-9-10-19-17(12-14)23-20(25)16-7-3-4-8-18(16)29-19/h3-4,7-10,12,15H,2,5-6,11,13H2,1H3,(H,23,25). The minimum Gasteiger partial charge on any atom is -0.466 e. The number of piperidine rings is 1. The maximum atomic E-state index is 13.1. The van der Waals surface area contributed by atoms with Gasteiger partial charge in [-0.25, -0.2) is 0 Å². The van der Waals surface area contributed by atoms with Gasteiger partial charge in [-0.2, -0.15) is 0 Å². The number of rotatable bonds is 3. The second kappa shape index (κ2) is 8.29. The largest absolute Gasteiger partial charge is 0.466 e. The molecule has 2 aliphatic heterocycles. The Kier molecular flexibility index (Phi) is 5.58. The summed E-state index contributed by atoms with van der Waals surface area (Å²) in [7, 11) is 0. The van der Waals surface area contributed by atoms with Crippen LogP contribution in [-0.2, 0) is 9.53 Å². The molecule has 150 valence electrons. The Morgan fingerprint density at radius 3 is 2.86 bits per heavy atom. The van der Waals surface area contributed by atoms with Crippen LogP contribution >= 0.6 is 11.8 Å². The predicted molar refractivity (Wildman–Crippen MR) is 110 cm³/mol. The van der Waals surface area contributed by atoms with Crippen molar-refractivity contribution >= 4 is 35.2 Å². The first-order chi connectivity index (χ1) is 14.1. The van der Waals surface area contributed by atoms with Gasteiger partial charge in [0, 0.05) is 28.4 Å². The number of fused-ring (bicyclic) bond motifs is 2. The molecule has 2 aromatic carbocycles.